The van der Waals surface area contributed by atoms with Gasteiger partial charge in [0, 0.05) is 22.3 Å². The van der Waals surface area contributed by atoms with E-state index in [1.807, 2.05) is 17.0 Å². The zero-order valence-corrected chi connectivity index (χ0v) is 11.0. The monoisotopic (exact) mass is 298 g/mol. The summed E-state index contributed by atoms with van der Waals surface area (Å²) in [5, 5.41) is 8.13. The fourth-order valence-corrected chi connectivity index (χ4v) is 2.60. The normalized spacial score (nSPS) is 15.6. The van der Waals surface area contributed by atoms with E-state index in [1.165, 1.54) is 11.8 Å². The van der Waals surface area contributed by atoms with Gasteiger partial charge in [0.25, 0.3) is 0 Å². The third kappa shape index (κ3) is 2.65. The second-order valence-electron chi connectivity index (χ2n) is 3.51. The molecule has 1 saturated heterocycles. The summed E-state index contributed by atoms with van der Waals surface area (Å²) in [5.74, 6) is 0.978. The summed E-state index contributed by atoms with van der Waals surface area (Å²) in [4.78, 5) is 13.7. The van der Waals surface area contributed by atoms with Gasteiger partial charge in [-0.15, -0.1) is 0 Å². The smallest absolute Gasteiger partial charge is 0.182 e. The third-order valence-electron chi connectivity index (χ3n) is 2.39. The predicted octanol–water partition coefficient (Wildman–Crippen LogP) is 2.62. The van der Waals surface area contributed by atoms with E-state index in [9.17, 15) is 4.79 Å². The molecule has 0 atom stereocenters. The predicted molar refractivity (Wildman–Crippen MR) is 70.2 cm³/mol. The molecule has 0 radical (unpaired) electrons. The van der Waals surface area contributed by atoms with E-state index in [4.69, 9.17) is 5.41 Å². The van der Waals surface area contributed by atoms with Gasteiger partial charge in [-0.25, -0.2) is 0 Å². The summed E-state index contributed by atoms with van der Waals surface area (Å²) in [5.41, 5.74) is 0.702. The lowest BCUT2D eigenvalue weighted by atomic mass is 10.1. The molecule has 0 spiro atoms. The maximum absolute atomic E-state index is 11.9. The van der Waals surface area contributed by atoms with Crippen LogP contribution in [-0.2, 0) is 0 Å². The minimum absolute atomic E-state index is 0.0692. The number of nitrogens with zero attached hydrogens (tertiary/aromatic N) is 1. The Bertz CT molecular complexity index is 418. The highest BCUT2D eigenvalue weighted by atomic mass is 79.9. The van der Waals surface area contributed by atoms with Crippen LogP contribution >= 0.6 is 27.7 Å². The molecular formula is C11H11BrN2OS. The van der Waals surface area contributed by atoms with E-state index in [-0.39, 0.29) is 5.78 Å². The van der Waals surface area contributed by atoms with Gasteiger partial charge in [-0.05, 0) is 12.1 Å². The van der Waals surface area contributed by atoms with E-state index in [2.05, 4.69) is 15.9 Å². The van der Waals surface area contributed by atoms with Crippen LogP contribution < -0.4 is 0 Å². The van der Waals surface area contributed by atoms with Crippen LogP contribution in [0.15, 0.2) is 28.7 Å². The quantitative estimate of drug-likeness (QED) is 0.873. The molecular weight excluding hydrogens is 288 g/mol. The van der Waals surface area contributed by atoms with Crippen LogP contribution in [0.1, 0.15) is 10.4 Å². The van der Waals surface area contributed by atoms with Gasteiger partial charge < -0.3 is 4.90 Å². The largest absolute Gasteiger partial charge is 0.343 e. The number of hydrogen-bond acceptors (Lipinski definition) is 3. The van der Waals surface area contributed by atoms with Crippen molar-refractivity contribution in [2.24, 2.45) is 0 Å². The SMILES string of the molecule is N=C1SCCN1CC(=O)c1ccc(Br)cc1. The first-order valence-corrected chi connectivity index (χ1v) is 6.70. The third-order valence-corrected chi connectivity index (χ3v) is 3.83. The van der Waals surface area contributed by atoms with E-state index in [0.29, 0.717) is 17.3 Å². The number of halogens is 1. The fraction of sp³-hybridized carbons (Fsp3) is 0.273. The molecule has 0 amide bonds. The van der Waals surface area contributed by atoms with Gasteiger partial charge >= 0.3 is 0 Å². The first-order valence-electron chi connectivity index (χ1n) is 4.92. The highest BCUT2D eigenvalue weighted by molar-refractivity contribution is 9.10. The number of thioether (sulfide) groups is 1. The molecule has 16 heavy (non-hydrogen) atoms. The Balaban J connectivity index is 2.02. The van der Waals surface area contributed by atoms with Crippen LogP contribution in [0.3, 0.4) is 0 Å². The van der Waals surface area contributed by atoms with Gasteiger partial charge in [-0.3, -0.25) is 10.2 Å². The van der Waals surface area contributed by atoms with E-state index in [0.717, 1.165) is 16.8 Å². The summed E-state index contributed by atoms with van der Waals surface area (Å²) in [6.07, 6.45) is 0. The van der Waals surface area contributed by atoms with Gasteiger partial charge in [0.05, 0.1) is 6.54 Å². The van der Waals surface area contributed by atoms with Gasteiger partial charge in [-0.1, -0.05) is 39.8 Å². The molecule has 1 fully saturated rings. The number of carbonyl (C=O) groups is 1. The second-order valence-corrected chi connectivity index (χ2v) is 5.50. The Morgan fingerprint density at radius 1 is 1.44 bits per heavy atom. The number of ketones is 1. The molecule has 0 aliphatic carbocycles. The van der Waals surface area contributed by atoms with E-state index < -0.39 is 0 Å². The number of carbonyl (C=O) groups excluding carboxylic acids is 1. The van der Waals surface area contributed by atoms with E-state index in [1.54, 1.807) is 12.1 Å². The van der Waals surface area contributed by atoms with Crippen molar-refractivity contribution in [1.82, 2.24) is 4.90 Å². The summed E-state index contributed by atoms with van der Waals surface area (Å²) in [7, 11) is 0. The van der Waals surface area contributed by atoms with Crippen molar-refractivity contribution < 1.29 is 4.79 Å². The molecule has 1 N–H and O–H groups in total. The Morgan fingerprint density at radius 2 is 2.12 bits per heavy atom. The molecule has 1 aromatic rings. The van der Waals surface area contributed by atoms with Crippen molar-refractivity contribution in [2.75, 3.05) is 18.8 Å². The minimum atomic E-state index is 0.0692. The molecule has 1 heterocycles. The van der Waals surface area contributed by atoms with Crippen LogP contribution in [-0.4, -0.2) is 34.7 Å². The molecule has 1 aromatic carbocycles. The van der Waals surface area contributed by atoms with Crippen LogP contribution in [0, 0.1) is 5.41 Å². The van der Waals surface area contributed by atoms with E-state index >= 15 is 0 Å². The Labute approximate surface area is 107 Å². The van der Waals surface area contributed by atoms with Crippen LogP contribution in [0.5, 0.6) is 0 Å². The number of rotatable bonds is 3. The van der Waals surface area contributed by atoms with Crippen molar-refractivity contribution in [2.45, 2.75) is 0 Å². The van der Waals surface area contributed by atoms with Crippen molar-refractivity contribution in [3.05, 3.63) is 34.3 Å². The number of nitrogens with one attached hydrogen (secondary N) is 1. The Kier molecular flexibility index (Phi) is 3.66. The van der Waals surface area contributed by atoms with Crippen molar-refractivity contribution >= 4 is 38.6 Å². The zero-order chi connectivity index (χ0) is 11.5. The lowest BCUT2D eigenvalue weighted by molar-refractivity contribution is 0.0966. The molecule has 0 aromatic heterocycles. The number of Topliss-reactive ketones (excluding diaryl/α,β-unsaturated/α-hetero) is 1. The molecule has 0 unspecified atom stereocenters. The number of benzene rings is 1. The Hall–Kier alpha value is -0.810. The van der Waals surface area contributed by atoms with Crippen LogP contribution in [0.25, 0.3) is 0 Å². The minimum Gasteiger partial charge on any atom is -0.343 e. The molecule has 3 nitrogen and oxygen atoms in total. The van der Waals surface area contributed by atoms with Crippen molar-refractivity contribution in [3.8, 4) is 0 Å². The first-order chi connectivity index (χ1) is 7.66. The lowest BCUT2D eigenvalue weighted by Gasteiger charge is -2.15. The van der Waals surface area contributed by atoms with Crippen molar-refractivity contribution in [1.29, 1.82) is 5.41 Å². The topological polar surface area (TPSA) is 44.2 Å². The molecule has 84 valence electrons. The molecule has 0 bridgehead atoms. The fourth-order valence-electron chi connectivity index (χ4n) is 1.50. The molecule has 1 aliphatic heterocycles. The number of amidine groups is 1. The number of hydrogen-bond donors (Lipinski definition) is 1. The van der Waals surface area contributed by atoms with Crippen LogP contribution in [0.2, 0.25) is 0 Å². The summed E-state index contributed by atoms with van der Waals surface area (Å²) < 4.78 is 0.966. The average molecular weight is 299 g/mol. The van der Waals surface area contributed by atoms with Gasteiger partial charge in [-0.2, -0.15) is 0 Å². The van der Waals surface area contributed by atoms with Gasteiger partial charge in [0.1, 0.15) is 0 Å². The van der Waals surface area contributed by atoms with Gasteiger partial charge in [0.15, 0.2) is 11.0 Å². The summed E-state index contributed by atoms with van der Waals surface area (Å²) in [6, 6.07) is 7.33. The first kappa shape index (κ1) is 11.7. The van der Waals surface area contributed by atoms with Crippen molar-refractivity contribution in [3.63, 3.8) is 0 Å². The van der Waals surface area contributed by atoms with Crippen LogP contribution in [0.4, 0.5) is 0 Å². The lowest BCUT2D eigenvalue weighted by Crippen LogP contribution is -2.30. The molecule has 1 aliphatic rings. The maximum atomic E-state index is 11.9. The molecule has 0 saturated carbocycles. The standard InChI is InChI=1S/C11H11BrN2OS/c12-9-3-1-8(2-4-9)10(15)7-14-5-6-16-11(14)13/h1-4,13H,5-7H2. The molecule has 5 heteroatoms. The van der Waals surface area contributed by atoms with Gasteiger partial charge in [0.2, 0.25) is 0 Å². The zero-order valence-electron chi connectivity index (χ0n) is 8.57. The maximum Gasteiger partial charge on any atom is 0.182 e. The highest BCUT2D eigenvalue weighted by Crippen LogP contribution is 2.17. The summed E-state index contributed by atoms with van der Waals surface area (Å²) >= 11 is 4.83. The highest BCUT2D eigenvalue weighted by Gasteiger charge is 2.20. The summed E-state index contributed by atoms with van der Waals surface area (Å²) in [6.45, 7) is 1.11. The molecule has 2 rings (SSSR count). The second kappa shape index (κ2) is 5.01. The Morgan fingerprint density at radius 3 is 2.69 bits per heavy atom. The average Bonchev–Trinajstić information content (AvgIpc) is 2.65.